The molecule has 1 aliphatic carbocycles. The number of amides is 1. The second kappa shape index (κ2) is 7.20. The minimum Gasteiger partial charge on any atom is -0.478 e. The number of rotatable bonds is 5. The molecule has 5 heteroatoms. The van der Waals surface area contributed by atoms with E-state index >= 15 is 0 Å². The number of hydrogen-bond donors (Lipinski definition) is 2. The molecule has 1 heterocycles. The van der Waals surface area contributed by atoms with E-state index in [0.29, 0.717) is 12.5 Å². The Balaban J connectivity index is 1.86. The number of carbonyl (C=O) groups excluding carboxylic acids is 1. The smallest absolute Gasteiger partial charge is 0.338 e. The zero-order chi connectivity index (χ0) is 15.2. The fourth-order valence-corrected chi connectivity index (χ4v) is 3.05. The SMILES string of the molecule is CC1CCCC(CCNC(=O)c2ncccc2C(=O)O)C1. The maximum absolute atomic E-state index is 12.0. The molecule has 114 valence electrons. The Kier molecular flexibility index (Phi) is 5.31. The summed E-state index contributed by atoms with van der Waals surface area (Å²) in [6, 6.07) is 2.91. The highest BCUT2D eigenvalue weighted by molar-refractivity contribution is 6.03. The largest absolute Gasteiger partial charge is 0.478 e. The van der Waals surface area contributed by atoms with Crippen molar-refractivity contribution < 1.29 is 14.7 Å². The van der Waals surface area contributed by atoms with Crippen molar-refractivity contribution in [1.29, 1.82) is 0 Å². The summed E-state index contributed by atoms with van der Waals surface area (Å²) in [6.07, 6.45) is 7.40. The van der Waals surface area contributed by atoms with Gasteiger partial charge in [-0.05, 0) is 36.8 Å². The Hall–Kier alpha value is -1.91. The molecule has 2 N–H and O–H groups in total. The molecule has 1 amide bonds. The first kappa shape index (κ1) is 15.5. The number of hydrogen-bond acceptors (Lipinski definition) is 3. The molecule has 1 aliphatic rings. The van der Waals surface area contributed by atoms with E-state index in [1.54, 1.807) is 0 Å². The number of pyridine rings is 1. The second-order valence-electron chi connectivity index (χ2n) is 5.89. The van der Waals surface area contributed by atoms with Crippen LogP contribution in [0.2, 0.25) is 0 Å². The van der Waals surface area contributed by atoms with Gasteiger partial charge in [0.2, 0.25) is 0 Å². The van der Waals surface area contributed by atoms with Crippen LogP contribution in [0.25, 0.3) is 0 Å². The van der Waals surface area contributed by atoms with Gasteiger partial charge in [-0.25, -0.2) is 4.79 Å². The van der Waals surface area contributed by atoms with Gasteiger partial charge in [0.15, 0.2) is 0 Å². The molecule has 1 saturated carbocycles. The predicted octanol–water partition coefficient (Wildman–Crippen LogP) is 2.73. The van der Waals surface area contributed by atoms with Crippen LogP contribution >= 0.6 is 0 Å². The highest BCUT2D eigenvalue weighted by Crippen LogP contribution is 2.30. The van der Waals surface area contributed by atoms with Crippen LogP contribution in [0.15, 0.2) is 18.3 Å². The predicted molar refractivity (Wildman–Crippen MR) is 79.3 cm³/mol. The molecule has 1 aromatic heterocycles. The van der Waals surface area contributed by atoms with Gasteiger partial charge >= 0.3 is 5.97 Å². The molecular formula is C16H22N2O3. The van der Waals surface area contributed by atoms with E-state index in [1.807, 2.05) is 0 Å². The van der Waals surface area contributed by atoms with Crippen LogP contribution in [-0.2, 0) is 0 Å². The van der Waals surface area contributed by atoms with Crippen LogP contribution in [-0.4, -0.2) is 28.5 Å². The summed E-state index contributed by atoms with van der Waals surface area (Å²) in [5, 5.41) is 11.8. The van der Waals surface area contributed by atoms with Crippen LogP contribution in [0.3, 0.4) is 0 Å². The molecule has 2 rings (SSSR count). The summed E-state index contributed by atoms with van der Waals surface area (Å²) < 4.78 is 0. The van der Waals surface area contributed by atoms with Crippen molar-refractivity contribution in [1.82, 2.24) is 10.3 Å². The Bertz CT molecular complexity index is 516. The Morgan fingerprint density at radius 2 is 2.24 bits per heavy atom. The van der Waals surface area contributed by atoms with Crippen LogP contribution in [0.1, 0.15) is 59.9 Å². The topological polar surface area (TPSA) is 79.3 Å². The van der Waals surface area contributed by atoms with E-state index < -0.39 is 11.9 Å². The maximum atomic E-state index is 12.0. The molecule has 5 nitrogen and oxygen atoms in total. The normalized spacial score (nSPS) is 21.8. The quantitative estimate of drug-likeness (QED) is 0.874. The first-order chi connectivity index (χ1) is 10.1. The summed E-state index contributed by atoms with van der Waals surface area (Å²) in [7, 11) is 0. The zero-order valence-corrected chi connectivity index (χ0v) is 12.3. The summed E-state index contributed by atoms with van der Waals surface area (Å²) in [5.74, 6) is -0.100. The fourth-order valence-electron chi connectivity index (χ4n) is 3.05. The lowest BCUT2D eigenvalue weighted by molar-refractivity contribution is 0.0690. The first-order valence-corrected chi connectivity index (χ1v) is 7.54. The van der Waals surface area contributed by atoms with Crippen molar-refractivity contribution in [2.24, 2.45) is 11.8 Å². The number of aromatic carboxylic acids is 1. The Labute approximate surface area is 124 Å². The second-order valence-corrected chi connectivity index (χ2v) is 5.89. The van der Waals surface area contributed by atoms with Gasteiger partial charge in [0.25, 0.3) is 5.91 Å². The van der Waals surface area contributed by atoms with Crippen LogP contribution in [0.4, 0.5) is 0 Å². The molecule has 0 aromatic carbocycles. The van der Waals surface area contributed by atoms with E-state index in [9.17, 15) is 9.59 Å². The summed E-state index contributed by atoms with van der Waals surface area (Å²) >= 11 is 0. The standard InChI is InChI=1S/C16H22N2O3/c1-11-4-2-5-12(10-11)7-9-18-15(19)14-13(16(20)21)6-3-8-17-14/h3,6,8,11-12H,2,4-5,7,9-10H2,1H3,(H,18,19)(H,20,21). The lowest BCUT2D eigenvalue weighted by atomic mass is 9.81. The molecule has 0 bridgehead atoms. The molecule has 0 radical (unpaired) electrons. The molecule has 1 aromatic rings. The number of carbonyl (C=O) groups is 2. The number of nitrogens with one attached hydrogen (secondary N) is 1. The fraction of sp³-hybridized carbons (Fsp3) is 0.562. The number of aromatic nitrogens is 1. The number of carboxylic acid groups (broad SMARTS) is 1. The van der Waals surface area contributed by atoms with Gasteiger partial charge in [0, 0.05) is 12.7 Å². The molecular weight excluding hydrogens is 268 g/mol. The minimum atomic E-state index is -1.13. The highest BCUT2D eigenvalue weighted by Gasteiger charge is 2.20. The lowest BCUT2D eigenvalue weighted by Crippen LogP contribution is -2.29. The third-order valence-electron chi connectivity index (χ3n) is 4.14. The summed E-state index contributed by atoms with van der Waals surface area (Å²) in [6.45, 7) is 2.85. The Morgan fingerprint density at radius 1 is 1.43 bits per heavy atom. The number of carboxylic acids is 1. The molecule has 1 fully saturated rings. The van der Waals surface area contributed by atoms with Crippen molar-refractivity contribution in [3.05, 3.63) is 29.6 Å². The third-order valence-corrected chi connectivity index (χ3v) is 4.14. The van der Waals surface area contributed by atoms with E-state index in [4.69, 9.17) is 5.11 Å². The summed E-state index contributed by atoms with van der Waals surface area (Å²) in [4.78, 5) is 27.0. The van der Waals surface area contributed by atoms with Crippen molar-refractivity contribution >= 4 is 11.9 Å². The summed E-state index contributed by atoms with van der Waals surface area (Å²) in [5.41, 5.74) is -0.0664. The maximum Gasteiger partial charge on any atom is 0.338 e. The van der Waals surface area contributed by atoms with Crippen LogP contribution < -0.4 is 5.32 Å². The van der Waals surface area contributed by atoms with E-state index in [1.165, 1.54) is 44.0 Å². The van der Waals surface area contributed by atoms with E-state index in [0.717, 1.165) is 12.3 Å². The average Bonchev–Trinajstić information content (AvgIpc) is 2.47. The van der Waals surface area contributed by atoms with Gasteiger partial charge < -0.3 is 10.4 Å². The van der Waals surface area contributed by atoms with Gasteiger partial charge in [0.05, 0.1) is 5.56 Å². The molecule has 2 unspecified atom stereocenters. The monoisotopic (exact) mass is 290 g/mol. The molecule has 0 saturated heterocycles. The van der Waals surface area contributed by atoms with Gasteiger partial charge in [-0.1, -0.05) is 26.2 Å². The van der Waals surface area contributed by atoms with Crippen molar-refractivity contribution in [2.45, 2.75) is 39.0 Å². The Morgan fingerprint density at radius 3 is 2.95 bits per heavy atom. The minimum absolute atomic E-state index is 0.0120. The van der Waals surface area contributed by atoms with E-state index in [2.05, 4.69) is 17.2 Å². The molecule has 2 atom stereocenters. The van der Waals surface area contributed by atoms with Crippen LogP contribution in [0, 0.1) is 11.8 Å². The number of nitrogens with zero attached hydrogens (tertiary/aromatic N) is 1. The lowest BCUT2D eigenvalue weighted by Gasteiger charge is -2.26. The zero-order valence-electron chi connectivity index (χ0n) is 12.3. The van der Waals surface area contributed by atoms with Gasteiger partial charge in [0.1, 0.15) is 5.69 Å². The van der Waals surface area contributed by atoms with Gasteiger partial charge in [-0.2, -0.15) is 0 Å². The van der Waals surface area contributed by atoms with Crippen LogP contribution in [0.5, 0.6) is 0 Å². The molecule has 0 aliphatic heterocycles. The van der Waals surface area contributed by atoms with Gasteiger partial charge in [-0.15, -0.1) is 0 Å². The average molecular weight is 290 g/mol. The first-order valence-electron chi connectivity index (χ1n) is 7.54. The van der Waals surface area contributed by atoms with Crippen molar-refractivity contribution in [2.75, 3.05) is 6.54 Å². The molecule has 0 spiro atoms. The van der Waals surface area contributed by atoms with E-state index in [-0.39, 0.29) is 11.3 Å². The molecule has 21 heavy (non-hydrogen) atoms. The van der Waals surface area contributed by atoms with Crippen molar-refractivity contribution in [3.8, 4) is 0 Å². The highest BCUT2D eigenvalue weighted by atomic mass is 16.4. The van der Waals surface area contributed by atoms with Crippen molar-refractivity contribution in [3.63, 3.8) is 0 Å². The van der Waals surface area contributed by atoms with Gasteiger partial charge in [-0.3, -0.25) is 9.78 Å². The third kappa shape index (κ3) is 4.28.